The van der Waals surface area contributed by atoms with Crippen molar-refractivity contribution in [2.75, 3.05) is 12.9 Å². The number of amides is 1. The SMILES string of the molecule is COC(=O)C(C)CC(CSC(C)=O)NC(=O)OC(C)(C)C. The van der Waals surface area contributed by atoms with Crippen molar-refractivity contribution in [3.63, 3.8) is 0 Å². The summed E-state index contributed by atoms with van der Waals surface area (Å²) in [5, 5.41) is 2.65. The molecule has 0 heterocycles. The molecule has 1 amide bonds. The summed E-state index contributed by atoms with van der Waals surface area (Å²) in [6.07, 6.45) is -0.180. The number of carbonyl (C=O) groups excluding carboxylic acids is 3. The predicted molar refractivity (Wildman–Crippen MR) is 82.1 cm³/mol. The van der Waals surface area contributed by atoms with Crippen LogP contribution in [0.4, 0.5) is 4.79 Å². The van der Waals surface area contributed by atoms with Crippen molar-refractivity contribution in [2.24, 2.45) is 5.92 Å². The first-order valence-corrected chi connectivity index (χ1v) is 7.74. The normalized spacial score (nSPS) is 14.0. The monoisotopic (exact) mass is 319 g/mol. The third kappa shape index (κ3) is 10.2. The molecule has 0 aliphatic rings. The molecular formula is C14H25NO5S. The van der Waals surface area contributed by atoms with Crippen LogP contribution in [0.3, 0.4) is 0 Å². The Hall–Kier alpha value is -1.24. The molecule has 0 aromatic heterocycles. The Morgan fingerprint density at radius 2 is 1.81 bits per heavy atom. The summed E-state index contributed by atoms with van der Waals surface area (Å²) in [6.45, 7) is 8.47. The number of thioether (sulfide) groups is 1. The number of esters is 1. The van der Waals surface area contributed by atoms with E-state index in [1.165, 1.54) is 14.0 Å². The fraction of sp³-hybridized carbons (Fsp3) is 0.786. The van der Waals surface area contributed by atoms with E-state index >= 15 is 0 Å². The number of carbonyl (C=O) groups is 3. The van der Waals surface area contributed by atoms with Crippen molar-refractivity contribution in [3.8, 4) is 0 Å². The van der Waals surface area contributed by atoms with E-state index in [2.05, 4.69) is 10.1 Å². The average molecular weight is 319 g/mol. The lowest BCUT2D eigenvalue weighted by atomic mass is 10.0. The number of nitrogens with one attached hydrogen (secondary N) is 1. The van der Waals surface area contributed by atoms with Gasteiger partial charge in [-0.2, -0.15) is 0 Å². The first-order valence-electron chi connectivity index (χ1n) is 6.76. The molecule has 0 bridgehead atoms. The van der Waals surface area contributed by atoms with Gasteiger partial charge in [0, 0.05) is 18.7 Å². The highest BCUT2D eigenvalue weighted by Crippen LogP contribution is 2.15. The second-order valence-corrected chi connectivity index (χ2v) is 7.00. The second-order valence-electron chi connectivity index (χ2n) is 5.81. The standard InChI is InChI=1S/C14H25NO5S/c1-9(12(17)19-6)7-11(8-21-10(2)16)15-13(18)20-14(3,4)5/h9,11H,7-8H2,1-6H3,(H,15,18). The molecule has 0 radical (unpaired) electrons. The van der Waals surface area contributed by atoms with E-state index in [1.807, 2.05) is 0 Å². The number of hydrogen-bond acceptors (Lipinski definition) is 6. The highest BCUT2D eigenvalue weighted by Gasteiger charge is 2.24. The van der Waals surface area contributed by atoms with Crippen molar-refractivity contribution < 1.29 is 23.9 Å². The highest BCUT2D eigenvalue weighted by molar-refractivity contribution is 8.13. The van der Waals surface area contributed by atoms with Gasteiger partial charge in [-0.1, -0.05) is 18.7 Å². The minimum atomic E-state index is -0.601. The van der Waals surface area contributed by atoms with Gasteiger partial charge in [-0.3, -0.25) is 9.59 Å². The van der Waals surface area contributed by atoms with Gasteiger partial charge in [0.1, 0.15) is 5.60 Å². The number of rotatable bonds is 6. The summed E-state index contributed by atoms with van der Waals surface area (Å²) in [7, 11) is 1.32. The highest BCUT2D eigenvalue weighted by atomic mass is 32.2. The Kier molecular flexibility index (Phi) is 8.39. The van der Waals surface area contributed by atoms with Crippen LogP contribution in [0, 0.1) is 5.92 Å². The van der Waals surface area contributed by atoms with Crippen LogP contribution in [0.5, 0.6) is 0 Å². The van der Waals surface area contributed by atoms with Gasteiger partial charge >= 0.3 is 12.1 Å². The van der Waals surface area contributed by atoms with Gasteiger partial charge < -0.3 is 14.8 Å². The Balaban J connectivity index is 4.62. The molecule has 0 fully saturated rings. The summed E-state index contributed by atoms with van der Waals surface area (Å²) >= 11 is 1.10. The van der Waals surface area contributed by atoms with Crippen LogP contribution in [-0.2, 0) is 19.1 Å². The van der Waals surface area contributed by atoms with Crippen molar-refractivity contribution in [1.29, 1.82) is 0 Å². The van der Waals surface area contributed by atoms with E-state index < -0.39 is 11.7 Å². The number of ether oxygens (including phenoxy) is 2. The van der Waals surface area contributed by atoms with Crippen LogP contribution in [-0.4, -0.2) is 41.7 Å². The van der Waals surface area contributed by atoms with Crippen molar-refractivity contribution in [2.45, 2.75) is 52.7 Å². The second kappa shape index (κ2) is 8.92. The summed E-state index contributed by atoms with van der Waals surface area (Å²) in [6, 6.07) is -0.345. The topological polar surface area (TPSA) is 81.7 Å². The molecule has 0 aliphatic carbocycles. The summed E-state index contributed by atoms with van der Waals surface area (Å²) < 4.78 is 9.85. The molecular weight excluding hydrogens is 294 g/mol. The molecule has 21 heavy (non-hydrogen) atoms. The number of methoxy groups -OCH3 is 1. The molecule has 6 nitrogen and oxygen atoms in total. The molecule has 0 saturated carbocycles. The zero-order valence-corrected chi connectivity index (χ0v) is 14.3. The summed E-state index contributed by atoms with van der Waals surface area (Å²) in [4.78, 5) is 34.3. The van der Waals surface area contributed by atoms with Crippen molar-refractivity contribution in [1.82, 2.24) is 5.32 Å². The van der Waals surface area contributed by atoms with Gasteiger partial charge in [-0.25, -0.2) is 4.79 Å². The molecule has 2 unspecified atom stereocenters. The van der Waals surface area contributed by atoms with E-state index in [0.29, 0.717) is 12.2 Å². The molecule has 0 spiro atoms. The van der Waals surface area contributed by atoms with Gasteiger partial charge in [-0.05, 0) is 27.2 Å². The lowest BCUT2D eigenvalue weighted by Crippen LogP contribution is -2.42. The van der Waals surface area contributed by atoms with Crippen LogP contribution < -0.4 is 5.32 Å². The summed E-state index contributed by atoms with van der Waals surface area (Å²) in [5.74, 6) is -0.336. The molecule has 1 N–H and O–H groups in total. The van der Waals surface area contributed by atoms with Crippen LogP contribution >= 0.6 is 11.8 Å². The van der Waals surface area contributed by atoms with Gasteiger partial charge in [0.2, 0.25) is 0 Å². The zero-order chi connectivity index (χ0) is 16.6. The average Bonchev–Trinajstić information content (AvgIpc) is 2.32. The number of alkyl carbamates (subject to hydrolysis) is 1. The molecule has 0 aliphatic heterocycles. The third-order valence-corrected chi connectivity index (χ3v) is 3.43. The largest absolute Gasteiger partial charge is 0.469 e. The molecule has 0 saturated heterocycles. The van der Waals surface area contributed by atoms with Crippen LogP contribution in [0.25, 0.3) is 0 Å². The minimum Gasteiger partial charge on any atom is -0.469 e. The van der Waals surface area contributed by atoms with Gasteiger partial charge in [0.25, 0.3) is 0 Å². The molecule has 0 aromatic carbocycles. The van der Waals surface area contributed by atoms with E-state index in [9.17, 15) is 14.4 Å². The summed E-state index contributed by atoms with van der Waals surface area (Å²) in [5.41, 5.74) is -0.601. The van der Waals surface area contributed by atoms with Crippen molar-refractivity contribution >= 4 is 28.9 Å². The molecule has 7 heteroatoms. The van der Waals surface area contributed by atoms with Crippen molar-refractivity contribution in [3.05, 3.63) is 0 Å². The van der Waals surface area contributed by atoms with E-state index in [-0.39, 0.29) is 23.0 Å². The molecule has 0 rings (SSSR count). The molecule has 2 atom stereocenters. The van der Waals surface area contributed by atoms with Crippen LogP contribution in [0.15, 0.2) is 0 Å². The number of hydrogen-bond donors (Lipinski definition) is 1. The predicted octanol–water partition coefficient (Wildman–Crippen LogP) is 2.36. The Morgan fingerprint density at radius 3 is 2.24 bits per heavy atom. The van der Waals surface area contributed by atoms with E-state index in [0.717, 1.165) is 11.8 Å². The lowest BCUT2D eigenvalue weighted by Gasteiger charge is -2.24. The smallest absolute Gasteiger partial charge is 0.407 e. The first-order chi connectivity index (χ1) is 9.55. The molecule has 0 aromatic rings. The Bertz CT molecular complexity index is 378. The fourth-order valence-electron chi connectivity index (χ4n) is 1.58. The maximum absolute atomic E-state index is 11.8. The van der Waals surface area contributed by atoms with Gasteiger partial charge in [0.05, 0.1) is 13.0 Å². The van der Waals surface area contributed by atoms with Gasteiger partial charge in [-0.15, -0.1) is 0 Å². The molecule has 122 valence electrons. The van der Waals surface area contributed by atoms with E-state index in [4.69, 9.17) is 4.74 Å². The minimum absolute atomic E-state index is 0.0447. The van der Waals surface area contributed by atoms with E-state index in [1.54, 1.807) is 27.7 Å². The third-order valence-electron chi connectivity index (χ3n) is 2.45. The Labute approximate surface area is 130 Å². The Morgan fingerprint density at radius 1 is 1.24 bits per heavy atom. The zero-order valence-electron chi connectivity index (χ0n) is 13.5. The maximum atomic E-state index is 11.8. The van der Waals surface area contributed by atoms with Crippen LogP contribution in [0.2, 0.25) is 0 Å². The van der Waals surface area contributed by atoms with Gasteiger partial charge in [0.15, 0.2) is 5.12 Å². The van der Waals surface area contributed by atoms with Crippen LogP contribution in [0.1, 0.15) is 41.0 Å². The maximum Gasteiger partial charge on any atom is 0.407 e. The quantitative estimate of drug-likeness (QED) is 0.757. The first kappa shape index (κ1) is 19.8. The lowest BCUT2D eigenvalue weighted by molar-refractivity contribution is -0.145. The fourth-order valence-corrected chi connectivity index (χ4v) is 2.24.